The number of aliphatic hydroxyl groups is 2. The van der Waals surface area contributed by atoms with Gasteiger partial charge in [0.25, 0.3) is 0 Å². The molecule has 0 saturated heterocycles. The van der Waals surface area contributed by atoms with Gasteiger partial charge in [0.1, 0.15) is 11.5 Å². The Morgan fingerprint density at radius 2 is 1.77 bits per heavy atom. The molecule has 52 heavy (non-hydrogen) atoms. The van der Waals surface area contributed by atoms with Gasteiger partial charge < -0.3 is 29.9 Å². The fourth-order valence-corrected chi connectivity index (χ4v) is 8.03. The van der Waals surface area contributed by atoms with Crippen LogP contribution in [-0.2, 0) is 13.0 Å². The number of methoxy groups -OCH3 is 2. The third kappa shape index (κ3) is 8.34. The Morgan fingerprint density at radius 1 is 1.00 bits per heavy atom. The van der Waals surface area contributed by atoms with Gasteiger partial charge in [-0.15, -0.1) is 0 Å². The summed E-state index contributed by atoms with van der Waals surface area (Å²) >= 11 is 0. The van der Waals surface area contributed by atoms with E-state index < -0.39 is 34.5 Å². The molecule has 0 aliphatic heterocycles. The predicted octanol–water partition coefficient (Wildman–Crippen LogP) is 7.87. The molecule has 1 saturated carbocycles. The van der Waals surface area contributed by atoms with Crippen LogP contribution in [0.15, 0.2) is 66.2 Å². The number of fused-ring (bicyclic) bond motifs is 8. The van der Waals surface area contributed by atoms with Crippen LogP contribution in [-0.4, -0.2) is 65.4 Å². The number of nitrogens with one attached hydrogen (secondary N) is 1. The van der Waals surface area contributed by atoms with E-state index in [0.29, 0.717) is 67.6 Å². The number of carbonyl (C=O) groups is 2. The van der Waals surface area contributed by atoms with Crippen molar-refractivity contribution in [3.63, 3.8) is 0 Å². The van der Waals surface area contributed by atoms with Crippen LogP contribution in [0.3, 0.4) is 0 Å². The van der Waals surface area contributed by atoms with Gasteiger partial charge in [0, 0.05) is 34.2 Å². The maximum atomic E-state index is 14.4. The highest BCUT2D eigenvalue weighted by molar-refractivity contribution is 6.10. The molecular formula is C42H52F2N2O6. The molecule has 0 heterocycles. The Hall–Kier alpha value is -4.28. The number of carbonyl (C=O) groups excluding carboxylic acids is 2. The summed E-state index contributed by atoms with van der Waals surface area (Å²) in [6.45, 7) is 8.01. The molecule has 2 bridgehead atoms. The smallest absolute Gasteiger partial charge is 0.317 e. The molecule has 10 heteroatoms. The lowest BCUT2D eigenvalue weighted by molar-refractivity contribution is -0.0781. The molecule has 1 fully saturated rings. The van der Waals surface area contributed by atoms with Crippen LogP contribution in [0.5, 0.6) is 11.5 Å². The molecule has 4 unspecified atom stereocenters. The monoisotopic (exact) mass is 718 g/mol. The SMILES string of the molecule is COc1ccc(CN(CC2(O)CCC3c4ccc(cc4C(=O)c4ccc(F)c(F)c4)CC(O)CCC(C)=CCCC32C)C(=O)NC(C)C)c(OC)c1. The molecule has 4 atom stereocenters. The summed E-state index contributed by atoms with van der Waals surface area (Å²) in [5.74, 6) is -1.79. The fourth-order valence-electron chi connectivity index (χ4n) is 8.03. The minimum absolute atomic E-state index is 0.00711. The second-order valence-electron chi connectivity index (χ2n) is 15.0. The van der Waals surface area contributed by atoms with Gasteiger partial charge in [0.15, 0.2) is 17.4 Å². The van der Waals surface area contributed by atoms with Gasteiger partial charge in [-0.25, -0.2) is 13.6 Å². The van der Waals surface area contributed by atoms with E-state index >= 15 is 0 Å². The summed E-state index contributed by atoms with van der Waals surface area (Å²) in [4.78, 5) is 29.7. The molecule has 280 valence electrons. The van der Waals surface area contributed by atoms with E-state index in [1.807, 2.05) is 45.9 Å². The van der Waals surface area contributed by atoms with Crippen molar-refractivity contribution in [3.8, 4) is 11.5 Å². The number of allylic oxidation sites excluding steroid dienone is 2. The normalized spacial score (nSPS) is 23.4. The number of hydrogen-bond donors (Lipinski definition) is 3. The number of urea groups is 1. The van der Waals surface area contributed by atoms with Crippen molar-refractivity contribution < 1.29 is 38.1 Å². The van der Waals surface area contributed by atoms with Crippen LogP contribution in [0.2, 0.25) is 0 Å². The predicted molar refractivity (Wildman–Crippen MR) is 197 cm³/mol. The highest BCUT2D eigenvalue weighted by Gasteiger charge is 2.57. The van der Waals surface area contributed by atoms with Gasteiger partial charge in [-0.2, -0.15) is 0 Å². The summed E-state index contributed by atoms with van der Waals surface area (Å²) in [7, 11) is 3.13. The molecule has 0 radical (unpaired) electrons. The van der Waals surface area contributed by atoms with Crippen molar-refractivity contribution in [2.45, 2.75) is 103 Å². The number of rotatable bonds is 9. The molecule has 3 aromatic rings. The lowest BCUT2D eigenvalue weighted by Gasteiger charge is -2.46. The van der Waals surface area contributed by atoms with Crippen LogP contribution in [0.1, 0.15) is 105 Å². The molecule has 6 rings (SSSR count). The van der Waals surface area contributed by atoms with Crippen molar-refractivity contribution in [2.24, 2.45) is 5.41 Å². The van der Waals surface area contributed by atoms with E-state index in [1.165, 1.54) is 6.07 Å². The molecule has 3 aliphatic carbocycles. The highest BCUT2D eigenvalue weighted by Crippen LogP contribution is 2.59. The summed E-state index contributed by atoms with van der Waals surface area (Å²) in [5, 5.41) is 26.9. The topological polar surface area (TPSA) is 108 Å². The first-order valence-electron chi connectivity index (χ1n) is 18.1. The summed E-state index contributed by atoms with van der Waals surface area (Å²) < 4.78 is 39.4. The van der Waals surface area contributed by atoms with Gasteiger partial charge in [-0.1, -0.05) is 30.7 Å². The zero-order chi connectivity index (χ0) is 37.8. The zero-order valence-electron chi connectivity index (χ0n) is 31.1. The standard InChI is InChI=1S/C42H52F2N2O6/c1-26(2)45-40(49)46(24-30-11-14-32(51-5)23-38(30)52-6)25-42(50)19-17-35-33-15-10-28(20-31(47)13-9-27(3)8-7-18-41(35,42)4)21-34(33)39(48)29-12-16-36(43)37(44)22-29/h8,10-12,14-16,21-23,26,31,35,47,50H,7,9,13,17-20,24-25H2,1-6H3,(H,45,49). The van der Waals surface area contributed by atoms with E-state index in [0.717, 1.165) is 28.8 Å². The lowest BCUT2D eigenvalue weighted by Crippen LogP contribution is -2.55. The Bertz CT molecular complexity index is 1810. The third-order valence-electron chi connectivity index (χ3n) is 11.1. The maximum absolute atomic E-state index is 14.4. The van der Waals surface area contributed by atoms with Crippen molar-refractivity contribution in [1.29, 1.82) is 0 Å². The molecule has 3 N–H and O–H groups in total. The Morgan fingerprint density at radius 3 is 2.46 bits per heavy atom. The minimum Gasteiger partial charge on any atom is -0.497 e. The van der Waals surface area contributed by atoms with Gasteiger partial charge in [0.2, 0.25) is 0 Å². The molecule has 8 nitrogen and oxygen atoms in total. The Balaban J connectivity index is 1.61. The van der Waals surface area contributed by atoms with Crippen molar-refractivity contribution >= 4 is 11.8 Å². The summed E-state index contributed by atoms with van der Waals surface area (Å²) in [5.41, 5.74) is 1.45. The highest BCUT2D eigenvalue weighted by atomic mass is 19.2. The van der Waals surface area contributed by atoms with Crippen LogP contribution < -0.4 is 14.8 Å². The Labute approximate surface area is 305 Å². The van der Waals surface area contributed by atoms with Crippen LogP contribution in [0.25, 0.3) is 0 Å². The molecular weight excluding hydrogens is 666 g/mol. The Kier molecular flexibility index (Phi) is 12.1. The number of hydrogen-bond acceptors (Lipinski definition) is 6. The van der Waals surface area contributed by atoms with Crippen molar-refractivity contribution in [1.82, 2.24) is 10.2 Å². The van der Waals surface area contributed by atoms with Gasteiger partial charge in [0.05, 0.1) is 39.0 Å². The van der Waals surface area contributed by atoms with E-state index in [2.05, 4.69) is 11.4 Å². The van der Waals surface area contributed by atoms with Crippen LogP contribution in [0.4, 0.5) is 13.6 Å². The molecule has 3 aliphatic rings. The molecule has 0 spiro atoms. The number of ether oxygens (including phenoxy) is 2. The summed E-state index contributed by atoms with van der Waals surface area (Å²) in [6.07, 6.45) is 5.12. The van der Waals surface area contributed by atoms with E-state index in [1.54, 1.807) is 37.3 Å². The number of benzene rings is 3. The lowest BCUT2D eigenvalue weighted by atomic mass is 9.64. The first kappa shape index (κ1) is 38.9. The molecule has 0 aromatic heterocycles. The minimum atomic E-state index is -1.39. The largest absolute Gasteiger partial charge is 0.497 e. The third-order valence-corrected chi connectivity index (χ3v) is 11.1. The second kappa shape index (κ2) is 16.2. The molecule has 2 amide bonds. The number of ketones is 1. The number of nitrogens with zero attached hydrogens (tertiary/aromatic N) is 1. The van der Waals surface area contributed by atoms with Crippen LogP contribution >= 0.6 is 0 Å². The number of amides is 2. The first-order chi connectivity index (χ1) is 24.7. The van der Waals surface area contributed by atoms with Crippen molar-refractivity contribution in [2.75, 3.05) is 20.8 Å². The quantitative estimate of drug-likeness (QED) is 0.154. The van der Waals surface area contributed by atoms with Crippen molar-refractivity contribution in [3.05, 3.63) is 106 Å². The fraction of sp³-hybridized carbons (Fsp3) is 0.476. The number of aliphatic hydroxyl groups excluding tert-OH is 1. The zero-order valence-corrected chi connectivity index (χ0v) is 31.1. The number of halogens is 2. The summed E-state index contributed by atoms with van der Waals surface area (Å²) in [6, 6.07) is 13.6. The molecule has 3 aromatic carbocycles. The average Bonchev–Trinajstić information content (AvgIpc) is 3.36. The second-order valence-corrected chi connectivity index (χ2v) is 15.0. The van der Waals surface area contributed by atoms with E-state index in [9.17, 15) is 28.6 Å². The maximum Gasteiger partial charge on any atom is 0.317 e. The van der Waals surface area contributed by atoms with Gasteiger partial charge >= 0.3 is 6.03 Å². The van der Waals surface area contributed by atoms with E-state index in [4.69, 9.17) is 9.47 Å². The van der Waals surface area contributed by atoms with Gasteiger partial charge in [-0.3, -0.25) is 4.79 Å². The van der Waals surface area contributed by atoms with E-state index in [-0.39, 0.29) is 36.6 Å². The van der Waals surface area contributed by atoms with Crippen LogP contribution in [0, 0.1) is 17.0 Å². The van der Waals surface area contributed by atoms with Gasteiger partial charge in [-0.05, 0) is 119 Å². The average molecular weight is 719 g/mol. The first-order valence-corrected chi connectivity index (χ1v) is 18.1.